The van der Waals surface area contributed by atoms with Gasteiger partial charge in [0.25, 0.3) is 5.91 Å². The lowest BCUT2D eigenvalue weighted by molar-refractivity contribution is 0.0947. The summed E-state index contributed by atoms with van der Waals surface area (Å²) >= 11 is 0. The van der Waals surface area contributed by atoms with Gasteiger partial charge >= 0.3 is 0 Å². The van der Waals surface area contributed by atoms with Crippen molar-refractivity contribution in [2.45, 2.75) is 33.2 Å². The molecule has 2 heterocycles. The highest BCUT2D eigenvalue weighted by Gasteiger charge is 2.12. The summed E-state index contributed by atoms with van der Waals surface area (Å²) in [6, 6.07) is 0. The number of carbonyl (C=O) groups excluding carboxylic acids is 1. The third kappa shape index (κ3) is 3.21. The summed E-state index contributed by atoms with van der Waals surface area (Å²) in [5.74, 6) is 1.42. The first kappa shape index (κ1) is 13.3. The summed E-state index contributed by atoms with van der Waals surface area (Å²) in [6.07, 6.45) is 6.81. The van der Waals surface area contributed by atoms with E-state index in [1.165, 1.54) is 6.39 Å². The molecule has 0 radical (unpaired) electrons. The van der Waals surface area contributed by atoms with E-state index in [9.17, 15) is 4.79 Å². The number of hydrogen-bond donors (Lipinski definition) is 1. The number of nitrogens with one attached hydrogen (secondary N) is 1. The number of carbonyl (C=O) groups is 1. The molecule has 0 aliphatic rings. The summed E-state index contributed by atoms with van der Waals surface area (Å²) in [5, 5.41) is 2.83. The van der Waals surface area contributed by atoms with Gasteiger partial charge < -0.3 is 14.3 Å². The molecule has 2 rings (SSSR count). The molecule has 0 aliphatic heterocycles. The van der Waals surface area contributed by atoms with Gasteiger partial charge in [-0.3, -0.25) is 4.79 Å². The Labute approximate surface area is 111 Å². The third-order valence-electron chi connectivity index (χ3n) is 2.94. The number of amides is 1. The first-order valence-electron chi connectivity index (χ1n) is 6.40. The van der Waals surface area contributed by atoms with E-state index in [1.54, 1.807) is 13.1 Å². The van der Waals surface area contributed by atoms with E-state index in [4.69, 9.17) is 4.42 Å². The summed E-state index contributed by atoms with van der Waals surface area (Å²) in [5.41, 5.74) is 0.358. The van der Waals surface area contributed by atoms with Crippen molar-refractivity contribution >= 4 is 5.91 Å². The predicted molar refractivity (Wildman–Crippen MR) is 69.8 cm³/mol. The van der Waals surface area contributed by atoms with Crippen molar-refractivity contribution in [1.29, 1.82) is 0 Å². The van der Waals surface area contributed by atoms with Crippen LogP contribution in [0.2, 0.25) is 0 Å². The van der Waals surface area contributed by atoms with Gasteiger partial charge in [0.15, 0.2) is 12.1 Å². The number of oxazole rings is 1. The molecule has 0 bridgehead atoms. The number of aromatic nitrogens is 3. The third-order valence-corrected chi connectivity index (χ3v) is 2.94. The van der Waals surface area contributed by atoms with E-state index >= 15 is 0 Å². The fourth-order valence-corrected chi connectivity index (χ4v) is 1.92. The maximum absolute atomic E-state index is 11.8. The smallest absolute Gasteiger partial charge is 0.273 e. The molecule has 102 valence electrons. The van der Waals surface area contributed by atoms with Crippen LogP contribution in [0.3, 0.4) is 0 Å². The summed E-state index contributed by atoms with van der Waals surface area (Å²) in [4.78, 5) is 19.9. The van der Waals surface area contributed by atoms with Gasteiger partial charge in [-0.15, -0.1) is 0 Å². The van der Waals surface area contributed by atoms with Crippen LogP contribution in [-0.2, 0) is 13.0 Å². The van der Waals surface area contributed by atoms with Crippen molar-refractivity contribution in [1.82, 2.24) is 19.9 Å². The second kappa shape index (κ2) is 6.17. The number of imidazole rings is 1. The van der Waals surface area contributed by atoms with Gasteiger partial charge in [0, 0.05) is 31.9 Å². The van der Waals surface area contributed by atoms with Crippen LogP contribution in [0.1, 0.15) is 35.4 Å². The first-order valence-corrected chi connectivity index (χ1v) is 6.40. The van der Waals surface area contributed by atoms with Gasteiger partial charge in [-0.2, -0.15) is 0 Å². The highest BCUT2D eigenvalue weighted by Crippen LogP contribution is 2.04. The number of nitrogens with zero attached hydrogens (tertiary/aromatic N) is 3. The van der Waals surface area contributed by atoms with Crippen molar-refractivity contribution < 1.29 is 9.21 Å². The minimum atomic E-state index is -0.187. The van der Waals surface area contributed by atoms with Crippen molar-refractivity contribution in [2.75, 3.05) is 6.54 Å². The van der Waals surface area contributed by atoms with Crippen LogP contribution in [0.15, 0.2) is 23.2 Å². The topological polar surface area (TPSA) is 73.0 Å². The molecule has 1 N–H and O–H groups in total. The fraction of sp³-hybridized carbons (Fsp3) is 0.462. The lowest BCUT2D eigenvalue weighted by Gasteiger charge is -2.07. The predicted octanol–water partition coefficient (Wildman–Crippen LogP) is 1.56. The largest absolute Gasteiger partial charge is 0.448 e. The van der Waals surface area contributed by atoms with E-state index < -0.39 is 0 Å². The molecule has 6 nitrogen and oxygen atoms in total. The molecule has 2 aromatic heterocycles. The lowest BCUT2D eigenvalue weighted by Crippen LogP contribution is -2.26. The molecule has 19 heavy (non-hydrogen) atoms. The molecule has 0 aliphatic carbocycles. The number of hydrogen-bond acceptors (Lipinski definition) is 4. The molecule has 2 aromatic rings. The molecule has 0 aromatic carbocycles. The molecule has 1 amide bonds. The highest BCUT2D eigenvalue weighted by atomic mass is 16.3. The summed E-state index contributed by atoms with van der Waals surface area (Å²) < 4.78 is 7.10. The second-order valence-electron chi connectivity index (χ2n) is 4.26. The van der Waals surface area contributed by atoms with Crippen molar-refractivity contribution in [3.8, 4) is 0 Å². The van der Waals surface area contributed by atoms with Crippen LogP contribution < -0.4 is 5.32 Å². The molecule has 0 saturated heterocycles. The Morgan fingerprint density at radius 1 is 1.47 bits per heavy atom. The zero-order valence-electron chi connectivity index (χ0n) is 11.2. The van der Waals surface area contributed by atoms with Crippen molar-refractivity contribution in [3.63, 3.8) is 0 Å². The van der Waals surface area contributed by atoms with E-state index in [1.807, 2.05) is 6.20 Å². The molecule has 0 unspecified atom stereocenters. The zero-order valence-corrected chi connectivity index (χ0v) is 11.2. The van der Waals surface area contributed by atoms with Gasteiger partial charge in [-0.1, -0.05) is 6.92 Å². The van der Waals surface area contributed by atoms with E-state index in [-0.39, 0.29) is 5.91 Å². The van der Waals surface area contributed by atoms with Gasteiger partial charge in [-0.05, 0) is 13.3 Å². The van der Waals surface area contributed by atoms with Gasteiger partial charge in [0.05, 0.1) is 0 Å². The molecule has 0 atom stereocenters. The Kier molecular flexibility index (Phi) is 4.33. The summed E-state index contributed by atoms with van der Waals surface area (Å²) in [6.45, 7) is 5.25. The normalized spacial score (nSPS) is 10.6. The Morgan fingerprint density at radius 2 is 2.32 bits per heavy atom. The molecule has 6 heteroatoms. The monoisotopic (exact) mass is 262 g/mol. The average molecular weight is 262 g/mol. The Hall–Kier alpha value is -2.11. The fourth-order valence-electron chi connectivity index (χ4n) is 1.92. The lowest BCUT2D eigenvalue weighted by atomic mass is 10.3. The number of aryl methyl sites for hydroxylation is 3. The van der Waals surface area contributed by atoms with Gasteiger partial charge in [0.1, 0.15) is 11.6 Å². The van der Waals surface area contributed by atoms with Crippen LogP contribution in [0.25, 0.3) is 0 Å². The van der Waals surface area contributed by atoms with Crippen LogP contribution in [0.5, 0.6) is 0 Å². The number of rotatable bonds is 6. The Morgan fingerprint density at radius 3 is 3.00 bits per heavy atom. The Bertz CT molecular complexity index is 544. The van der Waals surface area contributed by atoms with Crippen LogP contribution in [0, 0.1) is 6.92 Å². The minimum absolute atomic E-state index is 0.187. The van der Waals surface area contributed by atoms with Crippen molar-refractivity contribution in [2.24, 2.45) is 0 Å². The maximum atomic E-state index is 11.8. The SMILES string of the molecule is CCc1nccn1CCCNC(=O)c1ncoc1C. The second-order valence-corrected chi connectivity index (χ2v) is 4.26. The van der Waals surface area contributed by atoms with Gasteiger partial charge in [-0.25, -0.2) is 9.97 Å². The molecule has 0 saturated carbocycles. The van der Waals surface area contributed by atoms with Crippen LogP contribution in [0.4, 0.5) is 0 Å². The van der Waals surface area contributed by atoms with Crippen LogP contribution in [-0.4, -0.2) is 27.0 Å². The standard InChI is InChI=1S/C13H18N4O2/c1-3-11-14-6-8-17(11)7-4-5-15-13(18)12-10(2)19-9-16-12/h6,8-9H,3-5,7H2,1-2H3,(H,15,18). The van der Waals surface area contributed by atoms with Crippen LogP contribution >= 0.6 is 0 Å². The van der Waals surface area contributed by atoms with E-state index in [2.05, 4.69) is 26.8 Å². The summed E-state index contributed by atoms with van der Waals surface area (Å²) in [7, 11) is 0. The van der Waals surface area contributed by atoms with E-state index in [0.29, 0.717) is 18.0 Å². The quantitative estimate of drug-likeness (QED) is 0.802. The minimum Gasteiger partial charge on any atom is -0.448 e. The molecule has 0 fully saturated rings. The highest BCUT2D eigenvalue weighted by molar-refractivity contribution is 5.92. The molecule has 0 spiro atoms. The van der Waals surface area contributed by atoms with Gasteiger partial charge in [0.2, 0.25) is 0 Å². The molecular formula is C13H18N4O2. The maximum Gasteiger partial charge on any atom is 0.273 e. The Balaban J connectivity index is 1.76. The zero-order chi connectivity index (χ0) is 13.7. The van der Waals surface area contributed by atoms with E-state index in [0.717, 1.165) is 25.2 Å². The average Bonchev–Trinajstić information content (AvgIpc) is 3.02. The molecular weight excluding hydrogens is 244 g/mol. The van der Waals surface area contributed by atoms with Crippen molar-refractivity contribution in [3.05, 3.63) is 36.1 Å². The first-order chi connectivity index (χ1) is 9.22.